The van der Waals surface area contributed by atoms with Gasteiger partial charge >= 0.3 is 0 Å². The maximum Gasteiger partial charge on any atom is 0.0681 e. The summed E-state index contributed by atoms with van der Waals surface area (Å²) in [4.78, 5) is 0. The van der Waals surface area contributed by atoms with Gasteiger partial charge in [-0.3, -0.25) is 0 Å². The van der Waals surface area contributed by atoms with Crippen molar-refractivity contribution < 1.29 is 5.11 Å². The van der Waals surface area contributed by atoms with Crippen LogP contribution in [-0.2, 0) is 0 Å². The average molecular weight is 181 g/mol. The quantitative estimate of drug-likeness (QED) is 0.716. The lowest BCUT2D eigenvalue weighted by Gasteiger charge is -2.15. The second-order valence-electron chi connectivity index (χ2n) is 2.82. The Morgan fingerprint density at radius 3 is 2.50 bits per heavy atom. The molecule has 0 amide bonds. The monoisotopic (exact) mass is 180 g/mol. The minimum absolute atomic E-state index is 0.600. The standard InChI is InChI=1S/C7H13ClOS/c1-6(8)4-10-5-7(2,3)9/h9H,1,4-5H2,2-3H3. The summed E-state index contributed by atoms with van der Waals surface area (Å²) in [5.41, 5.74) is -0.600. The first-order valence-corrected chi connectivity index (χ1v) is 4.58. The van der Waals surface area contributed by atoms with Gasteiger partial charge in [0.15, 0.2) is 0 Å². The van der Waals surface area contributed by atoms with Crippen LogP contribution in [0, 0.1) is 0 Å². The number of rotatable bonds is 4. The molecule has 0 aromatic rings. The lowest BCUT2D eigenvalue weighted by Crippen LogP contribution is -2.21. The molecule has 3 heteroatoms. The maximum absolute atomic E-state index is 9.24. The number of aliphatic hydroxyl groups is 1. The molecular formula is C7H13ClOS. The molecule has 0 saturated heterocycles. The fraction of sp³-hybridized carbons (Fsp3) is 0.714. The second kappa shape index (κ2) is 4.27. The summed E-state index contributed by atoms with van der Waals surface area (Å²) >= 11 is 7.10. The van der Waals surface area contributed by atoms with E-state index >= 15 is 0 Å². The van der Waals surface area contributed by atoms with E-state index in [-0.39, 0.29) is 0 Å². The number of hydrogen-bond donors (Lipinski definition) is 1. The van der Waals surface area contributed by atoms with Crippen molar-refractivity contribution in [2.45, 2.75) is 19.4 Å². The summed E-state index contributed by atoms with van der Waals surface area (Å²) in [6.45, 7) is 7.09. The Morgan fingerprint density at radius 2 is 2.20 bits per heavy atom. The second-order valence-corrected chi connectivity index (χ2v) is 4.34. The van der Waals surface area contributed by atoms with Gasteiger partial charge in [0.1, 0.15) is 0 Å². The average Bonchev–Trinajstić information content (AvgIpc) is 1.59. The fourth-order valence-corrected chi connectivity index (χ4v) is 1.47. The van der Waals surface area contributed by atoms with Crippen molar-refractivity contribution in [1.29, 1.82) is 0 Å². The molecule has 0 aliphatic heterocycles. The first-order valence-electron chi connectivity index (χ1n) is 3.05. The molecule has 0 spiro atoms. The van der Waals surface area contributed by atoms with Crippen molar-refractivity contribution in [3.63, 3.8) is 0 Å². The third-order valence-electron chi connectivity index (χ3n) is 0.714. The van der Waals surface area contributed by atoms with E-state index in [1.807, 2.05) is 0 Å². The third-order valence-corrected chi connectivity index (χ3v) is 2.47. The topological polar surface area (TPSA) is 20.2 Å². The van der Waals surface area contributed by atoms with E-state index in [0.29, 0.717) is 16.5 Å². The van der Waals surface area contributed by atoms with Crippen molar-refractivity contribution in [2.75, 3.05) is 11.5 Å². The third kappa shape index (κ3) is 8.34. The first-order chi connectivity index (χ1) is 4.42. The molecule has 0 rings (SSSR count). The van der Waals surface area contributed by atoms with Crippen LogP contribution in [0.2, 0.25) is 0 Å². The zero-order chi connectivity index (χ0) is 8.20. The van der Waals surface area contributed by atoms with Crippen LogP contribution in [0.4, 0.5) is 0 Å². The van der Waals surface area contributed by atoms with Gasteiger partial charge in [-0.1, -0.05) is 18.2 Å². The highest BCUT2D eigenvalue weighted by Gasteiger charge is 2.11. The van der Waals surface area contributed by atoms with E-state index in [1.54, 1.807) is 25.6 Å². The molecule has 0 aromatic carbocycles. The molecule has 0 atom stereocenters. The molecule has 0 radical (unpaired) electrons. The Labute approximate surface area is 71.5 Å². The van der Waals surface area contributed by atoms with Crippen LogP contribution in [0.25, 0.3) is 0 Å². The summed E-state index contributed by atoms with van der Waals surface area (Å²) in [7, 11) is 0. The molecule has 10 heavy (non-hydrogen) atoms. The summed E-state index contributed by atoms with van der Waals surface area (Å²) < 4.78 is 0. The Morgan fingerprint density at radius 1 is 1.70 bits per heavy atom. The van der Waals surface area contributed by atoms with Crippen LogP contribution >= 0.6 is 23.4 Å². The highest BCUT2D eigenvalue weighted by Crippen LogP contribution is 2.15. The molecule has 0 unspecified atom stereocenters. The molecule has 1 nitrogen and oxygen atoms in total. The Kier molecular flexibility index (Phi) is 4.41. The summed E-state index contributed by atoms with van der Waals surface area (Å²) in [5, 5.41) is 9.87. The van der Waals surface area contributed by atoms with Gasteiger partial charge in [-0.15, -0.1) is 0 Å². The smallest absolute Gasteiger partial charge is 0.0681 e. The van der Waals surface area contributed by atoms with Gasteiger partial charge in [0, 0.05) is 16.5 Å². The van der Waals surface area contributed by atoms with E-state index in [9.17, 15) is 5.11 Å². The maximum atomic E-state index is 9.24. The molecule has 0 fully saturated rings. The molecule has 0 bridgehead atoms. The van der Waals surface area contributed by atoms with Crippen molar-refractivity contribution in [3.05, 3.63) is 11.6 Å². The van der Waals surface area contributed by atoms with E-state index in [0.717, 1.165) is 0 Å². The highest BCUT2D eigenvalue weighted by atomic mass is 35.5. The van der Waals surface area contributed by atoms with Crippen molar-refractivity contribution in [2.24, 2.45) is 0 Å². The van der Waals surface area contributed by atoms with Crippen LogP contribution in [0.1, 0.15) is 13.8 Å². The van der Waals surface area contributed by atoms with Crippen LogP contribution in [0.3, 0.4) is 0 Å². The minimum Gasteiger partial charge on any atom is -0.390 e. The summed E-state index contributed by atoms with van der Waals surface area (Å²) in [5.74, 6) is 1.41. The van der Waals surface area contributed by atoms with E-state index in [1.165, 1.54) is 0 Å². The van der Waals surface area contributed by atoms with Crippen molar-refractivity contribution in [1.82, 2.24) is 0 Å². The van der Waals surface area contributed by atoms with Crippen LogP contribution in [0.15, 0.2) is 11.6 Å². The number of thioether (sulfide) groups is 1. The normalized spacial score (nSPS) is 11.6. The molecule has 0 heterocycles. The van der Waals surface area contributed by atoms with Gasteiger partial charge in [-0.2, -0.15) is 11.8 Å². The van der Waals surface area contributed by atoms with E-state index in [2.05, 4.69) is 6.58 Å². The van der Waals surface area contributed by atoms with Gasteiger partial charge in [-0.05, 0) is 13.8 Å². The molecule has 1 N–H and O–H groups in total. The first kappa shape index (κ1) is 10.3. The lowest BCUT2D eigenvalue weighted by molar-refractivity contribution is 0.107. The molecule has 0 aromatic heterocycles. The van der Waals surface area contributed by atoms with Gasteiger partial charge in [0.05, 0.1) is 5.60 Å². The molecule has 0 saturated carbocycles. The summed E-state index contributed by atoms with van der Waals surface area (Å²) in [6, 6.07) is 0. The molecule has 60 valence electrons. The Balaban J connectivity index is 3.29. The lowest BCUT2D eigenvalue weighted by atomic mass is 10.2. The van der Waals surface area contributed by atoms with Gasteiger partial charge in [0.2, 0.25) is 0 Å². The largest absolute Gasteiger partial charge is 0.390 e. The zero-order valence-corrected chi connectivity index (χ0v) is 7.93. The molecule has 0 aliphatic carbocycles. The SMILES string of the molecule is C=C(Cl)CSCC(C)(C)O. The highest BCUT2D eigenvalue weighted by molar-refractivity contribution is 7.99. The van der Waals surface area contributed by atoms with E-state index < -0.39 is 5.60 Å². The molecule has 0 aliphatic rings. The number of hydrogen-bond acceptors (Lipinski definition) is 2. The van der Waals surface area contributed by atoms with Crippen molar-refractivity contribution in [3.8, 4) is 0 Å². The zero-order valence-electron chi connectivity index (χ0n) is 6.35. The van der Waals surface area contributed by atoms with Crippen LogP contribution < -0.4 is 0 Å². The number of halogens is 1. The predicted molar refractivity (Wildman–Crippen MR) is 48.6 cm³/mol. The van der Waals surface area contributed by atoms with Crippen LogP contribution in [-0.4, -0.2) is 22.2 Å². The Bertz CT molecular complexity index is 117. The minimum atomic E-state index is -0.600. The van der Waals surface area contributed by atoms with E-state index in [4.69, 9.17) is 11.6 Å². The fourth-order valence-electron chi connectivity index (χ4n) is 0.412. The molecular weight excluding hydrogens is 168 g/mol. The van der Waals surface area contributed by atoms with Crippen LogP contribution in [0.5, 0.6) is 0 Å². The summed E-state index contributed by atoms with van der Waals surface area (Å²) in [6.07, 6.45) is 0. The van der Waals surface area contributed by atoms with Gasteiger partial charge < -0.3 is 5.11 Å². The van der Waals surface area contributed by atoms with Crippen molar-refractivity contribution >= 4 is 23.4 Å². The van der Waals surface area contributed by atoms with Gasteiger partial charge in [0.25, 0.3) is 0 Å². The predicted octanol–water partition coefficient (Wildman–Crippen LogP) is 2.24. The van der Waals surface area contributed by atoms with Gasteiger partial charge in [-0.25, -0.2) is 0 Å². The Hall–Kier alpha value is 0.340.